The molecule has 4 rings (SSSR count). The van der Waals surface area contributed by atoms with Crippen LogP contribution in [0.2, 0.25) is 0 Å². The molecule has 0 N–H and O–H groups in total. The summed E-state index contributed by atoms with van der Waals surface area (Å²) in [6.45, 7) is 2.29. The van der Waals surface area contributed by atoms with Crippen molar-refractivity contribution >= 4 is 39.3 Å². The molecule has 2 heterocycles. The Kier molecular flexibility index (Phi) is 6.16. The molecule has 0 aliphatic carbocycles. The number of para-hydroxylation sites is 1. The van der Waals surface area contributed by atoms with Gasteiger partial charge < -0.3 is 9.80 Å². The first-order valence-electron chi connectivity index (χ1n) is 9.29. The third-order valence-corrected chi connectivity index (χ3v) is 6.34. The Labute approximate surface area is 181 Å². The zero-order valence-electron chi connectivity index (χ0n) is 15.6. The fraction of sp³-hybridized carbons (Fsp3) is 0.182. The summed E-state index contributed by atoms with van der Waals surface area (Å²) in [7, 11) is 0. The van der Waals surface area contributed by atoms with E-state index in [4.69, 9.17) is 0 Å². The Hall–Kier alpha value is -2.38. The number of pyridine rings is 1. The summed E-state index contributed by atoms with van der Waals surface area (Å²) in [5.41, 5.74) is 1.19. The van der Waals surface area contributed by atoms with Gasteiger partial charge in [-0.2, -0.15) is 0 Å². The third-order valence-electron chi connectivity index (χ3n) is 4.79. The number of nitrogens with zero attached hydrogens (tertiary/aromatic N) is 3. The summed E-state index contributed by atoms with van der Waals surface area (Å²) in [6.07, 6.45) is 1.70. The van der Waals surface area contributed by atoms with Crippen LogP contribution in [-0.2, 0) is 0 Å². The molecule has 1 aromatic heterocycles. The summed E-state index contributed by atoms with van der Waals surface area (Å²) < 4.78 is 15.0. The lowest BCUT2D eigenvalue weighted by atomic mass is 10.2. The van der Waals surface area contributed by atoms with Gasteiger partial charge in [-0.1, -0.05) is 39.8 Å². The summed E-state index contributed by atoms with van der Waals surface area (Å²) in [4.78, 5) is 22.4. The fourth-order valence-electron chi connectivity index (χ4n) is 3.28. The number of halogens is 2. The number of hydrogen-bond donors (Lipinski definition) is 0. The summed E-state index contributed by atoms with van der Waals surface area (Å²) in [5.74, 6) is -0.265. The largest absolute Gasteiger partial charge is 0.366 e. The molecule has 0 atom stereocenters. The van der Waals surface area contributed by atoms with Crippen LogP contribution in [0.1, 0.15) is 10.4 Å². The first kappa shape index (κ1) is 19.9. The highest BCUT2D eigenvalue weighted by Crippen LogP contribution is 2.30. The fourth-order valence-corrected chi connectivity index (χ4v) is 4.42. The van der Waals surface area contributed by atoms with Gasteiger partial charge in [-0.25, -0.2) is 9.37 Å². The average molecular weight is 472 g/mol. The van der Waals surface area contributed by atoms with E-state index >= 15 is 0 Å². The number of carbonyl (C=O) groups is 1. The van der Waals surface area contributed by atoms with E-state index in [1.165, 1.54) is 17.8 Å². The molecule has 0 radical (unpaired) electrons. The molecule has 1 fully saturated rings. The normalized spacial score (nSPS) is 14.1. The highest BCUT2D eigenvalue weighted by Gasteiger charge is 2.25. The monoisotopic (exact) mass is 471 g/mol. The molecule has 1 amide bonds. The highest BCUT2D eigenvalue weighted by atomic mass is 79.9. The van der Waals surface area contributed by atoms with E-state index in [-0.39, 0.29) is 11.7 Å². The van der Waals surface area contributed by atoms with Crippen molar-refractivity contribution in [3.8, 4) is 0 Å². The Bertz CT molecular complexity index is 1010. The number of hydrogen-bond acceptors (Lipinski definition) is 4. The van der Waals surface area contributed by atoms with Crippen molar-refractivity contribution in [3.05, 3.63) is 82.7 Å². The number of anilines is 1. The predicted molar refractivity (Wildman–Crippen MR) is 117 cm³/mol. The Balaban J connectivity index is 1.47. The average Bonchev–Trinajstić information content (AvgIpc) is 2.76. The van der Waals surface area contributed by atoms with Gasteiger partial charge in [0.25, 0.3) is 5.91 Å². The van der Waals surface area contributed by atoms with Crippen molar-refractivity contribution in [2.45, 2.75) is 9.92 Å². The van der Waals surface area contributed by atoms with Crippen LogP contribution in [-0.4, -0.2) is 42.0 Å². The lowest BCUT2D eigenvalue weighted by Gasteiger charge is -2.36. The maximum Gasteiger partial charge on any atom is 0.256 e. The molecular formula is C22H19BrFN3OS. The molecule has 1 aliphatic heterocycles. The minimum absolute atomic E-state index is 0.0362. The van der Waals surface area contributed by atoms with E-state index in [9.17, 15) is 9.18 Å². The smallest absolute Gasteiger partial charge is 0.256 e. The van der Waals surface area contributed by atoms with Crippen LogP contribution in [0.15, 0.2) is 81.3 Å². The minimum atomic E-state index is -0.229. The van der Waals surface area contributed by atoms with Gasteiger partial charge in [0.15, 0.2) is 0 Å². The molecular weight excluding hydrogens is 453 g/mol. The second kappa shape index (κ2) is 8.97. The number of rotatable bonds is 4. The van der Waals surface area contributed by atoms with E-state index < -0.39 is 0 Å². The zero-order valence-corrected chi connectivity index (χ0v) is 18.0. The van der Waals surface area contributed by atoms with Gasteiger partial charge in [0.2, 0.25) is 0 Å². The van der Waals surface area contributed by atoms with Crippen LogP contribution < -0.4 is 4.90 Å². The van der Waals surface area contributed by atoms with Gasteiger partial charge in [0, 0.05) is 41.7 Å². The lowest BCUT2D eigenvalue weighted by Crippen LogP contribution is -2.49. The second-order valence-electron chi connectivity index (χ2n) is 6.64. The Morgan fingerprint density at radius 2 is 1.69 bits per heavy atom. The molecule has 7 heteroatoms. The third kappa shape index (κ3) is 4.62. The molecule has 0 bridgehead atoms. The van der Waals surface area contributed by atoms with Gasteiger partial charge in [0.1, 0.15) is 10.8 Å². The number of piperazine rings is 1. The second-order valence-corrected chi connectivity index (χ2v) is 8.62. The standard InChI is InChI=1S/C22H19BrFN3OS/c23-16-7-9-17(10-8-16)29-21-18(4-3-11-25-21)22(28)27-14-12-26(13-15-27)20-6-2-1-5-19(20)24/h1-11H,12-15H2. The molecule has 2 aromatic carbocycles. The molecule has 3 aromatic rings. The van der Waals surface area contributed by atoms with Gasteiger partial charge in [-0.3, -0.25) is 4.79 Å². The van der Waals surface area contributed by atoms with Gasteiger partial charge in [-0.05, 0) is 48.5 Å². The minimum Gasteiger partial charge on any atom is -0.366 e. The SMILES string of the molecule is O=C(c1cccnc1Sc1ccc(Br)cc1)N1CCN(c2ccccc2F)CC1. The van der Waals surface area contributed by atoms with Crippen molar-refractivity contribution in [1.82, 2.24) is 9.88 Å². The van der Waals surface area contributed by atoms with Gasteiger partial charge >= 0.3 is 0 Å². The van der Waals surface area contributed by atoms with E-state index in [0.29, 0.717) is 42.5 Å². The number of carbonyl (C=O) groups excluding carboxylic acids is 1. The number of benzene rings is 2. The Morgan fingerprint density at radius 3 is 2.41 bits per heavy atom. The quantitative estimate of drug-likeness (QED) is 0.530. The molecule has 29 heavy (non-hydrogen) atoms. The maximum atomic E-state index is 14.0. The first-order valence-corrected chi connectivity index (χ1v) is 10.9. The zero-order chi connectivity index (χ0) is 20.2. The van der Waals surface area contributed by atoms with Crippen molar-refractivity contribution in [2.24, 2.45) is 0 Å². The van der Waals surface area contributed by atoms with Crippen LogP contribution in [0.4, 0.5) is 10.1 Å². The molecule has 148 valence electrons. The first-order chi connectivity index (χ1) is 14.1. The molecule has 1 saturated heterocycles. The Morgan fingerprint density at radius 1 is 0.966 bits per heavy atom. The van der Waals surface area contributed by atoms with Gasteiger partial charge in [0.05, 0.1) is 11.3 Å². The molecule has 4 nitrogen and oxygen atoms in total. The van der Waals surface area contributed by atoms with Crippen molar-refractivity contribution in [3.63, 3.8) is 0 Å². The predicted octanol–water partition coefficient (Wildman–Crippen LogP) is 5.10. The van der Waals surface area contributed by atoms with E-state index in [0.717, 1.165) is 9.37 Å². The van der Waals surface area contributed by atoms with Crippen LogP contribution in [0.5, 0.6) is 0 Å². The summed E-state index contributed by atoms with van der Waals surface area (Å²) >= 11 is 4.91. The highest BCUT2D eigenvalue weighted by molar-refractivity contribution is 9.10. The molecule has 0 spiro atoms. The van der Waals surface area contributed by atoms with E-state index in [1.807, 2.05) is 46.2 Å². The van der Waals surface area contributed by atoms with Crippen molar-refractivity contribution in [1.29, 1.82) is 0 Å². The van der Waals surface area contributed by atoms with E-state index in [1.54, 1.807) is 24.4 Å². The molecule has 0 unspecified atom stereocenters. The summed E-state index contributed by atoms with van der Waals surface area (Å²) in [6, 6.07) is 18.3. The number of amides is 1. The van der Waals surface area contributed by atoms with Crippen LogP contribution in [0.3, 0.4) is 0 Å². The molecule has 0 saturated carbocycles. The molecule has 1 aliphatic rings. The lowest BCUT2D eigenvalue weighted by molar-refractivity contribution is 0.0742. The van der Waals surface area contributed by atoms with Crippen molar-refractivity contribution in [2.75, 3.05) is 31.1 Å². The van der Waals surface area contributed by atoms with Crippen LogP contribution in [0, 0.1) is 5.82 Å². The van der Waals surface area contributed by atoms with E-state index in [2.05, 4.69) is 20.9 Å². The van der Waals surface area contributed by atoms with Gasteiger partial charge in [-0.15, -0.1) is 0 Å². The topological polar surface area (TPSA) is 36.4 Å². The maximum absolute atomic E-state index is 14.0. The van der Waals surface area contributed by atoms with Crippen LogP contribution in [0.25, 0.3) is 0 Å². The van der Waals surface area contributed by atoms with Crippen LogP contribution >= 0.6 is 27.7 Å². The number of aromatic nitrogens is 1. The van der Waals surface area contributed by atoms with Crippen molar-refractivity contribution < 1.29 is 9.18 Å². The summed E-state index contributed by atoms with van der Waals surface area (Å²) in [5, 5.41) is 0.691.